The summed E-state index contributed by atoms with van der Waals surface area (Å²) in [6.07, 6.45) is 12.4. The molecule has 1 nitrogen and oxygen atoms in total. The predicted molar refractivity (Wildman–Crippen MR) is 60.2 cm³/mol. The van der Waals surface area contributed by atoms with Gasteiger partial charge in [-0.05, 0) is 31.9 Å². The molecule has 0 saturated heterocycles. The second-order valence-electron chi connectivity index (χ2n) is 3.33. The molecule has 0 spiro atoms. The van der Waals surface area contributed by atoms with Crippen LogP contribution < -0.4 is 21.3 Å². The van der Waals surface area contributed by atoms with Crippen LogP contribution in [0.15, 0.2) is 17.1 Å². The molecule has 0 radical (unpaired) electrons. The predicted octanol–water partition coefficient (Wildman–Crippen LogP) is 0.401. The van der Waals surface area contributed by atoms with E-state index >= 15 is 0 Å². The molecule has 0 fully saturated rings. The first-order chi connectivity index (χ1) is 6.86. The van der Waals surface area contributed by atoms with Crippen molar-refractivity contribution in [3.05, 3.63) is 33.9 Å². The fraction of sp³-hybridized carbons (Fsp3) is 0.231. The lowest BCUT2D eigenvalue weighted by Gasteiger charge is -1.90. The van der Waals surface area contributed by atoms with E-state index in [-0.39, 0.29) is 0 Å². The third-order valence-electron chi connectivity index (χ3n) is 2.43. The van der Waals surface area contributed by atoms with E-state index in [0.29, 0.717) is 0 Å². The van der Waals surface area contributed by atoms with Gasteiger partial charge >= 0.3 is 0 Å². The molecule has 0 unspecified atom stereocenters. The number of furan rings is 1. The van der Waals surface area contributed by atoms with Crippen molar-refractivity contribution in [1.82, 2.24) is 0 Å². The van der Waals surface area contributed by atoms with Crippen molar-refractivity contribution in [3.63, 3.8) is 0 Å². The smallest absolute Gasteiger partial charge is 0.131 e. The maximum Gasteiger partial charge on any atom is 0.131 e. The summed E-state index contributed by atoms with van der Waals surface area (Å²) in [5, 5.41) is 2.39. The third kappa shape index (κ3) is 1.35. The Kier molecular flexibility index (Phi) is 2.40. The van der Waals surface area contributed by atoms with Crippen LogP contribution in [0.1, 0.15) is 19.8 Å². The van der Waals surface area contributed by atoms with Gasteiger partial charge in [-0.2, -0.15) is 0 Å². The van der Waals surface area contributed by atoms with Crippen molar-refractivity contribution >= 4 is 24.3 Å². The Morgan fingerprint density at radius 2 is 2.14 bits per heavy atom. The molecular formula is C13H14O. The second kappa shape index (κ2) is 3.70. The van der Waals surface area contributed by atoms with Crippen LogP contribution in [-0.2, 0) is 0 Å². The highest BCUT2D eigenvalue weighted by Crippen LogP contribution is 1.92. The molecular weight excluding hydrogens is 172 g/mol. The van der Waals surface area contributed by atoms with E-state index in [0.717, 1.165) is 28.9 Å². The highest BCUT2D eigenvalue weighted by atomic mass is 16.3. The largest absolute Gasteiger partial charge is 0.457 e. The van der Waals surface area contributed by atoms with Crippen LogP contribution in [0, 0.1) is 0 Å². The molecule has 1 aromatic rings. The van der Waals surface area contributed by atoms with Gasteiger partial charge in [0.1, 0.15) is 10.8 Å². The lowest BCUT2D eigenvalue weighted by atomic mass is 10.1. The minimum Gasteiger partial charge on any atom is -0.457 e. The maximum absolute atomic E-state index is 5.72. The third-order valence-corrected chi connectivity index (χ3v) is 2.43. The second-order valence-corrected chi connectivity index (χ2v) is 3.33. The fourth-order valence-electron chi connectivity index (χ4n) is 1.80. The van der Waals surface area contributed by atoms with Crippen molar-refractivity contribution in [2.45, 2.75) is 19.8 Å². The van der Waals surface area contributed by atoms with Crippen molar-refractivity contribution in [2.24, 2.45) is 0 Å². The van der Waals surface area contributed by atoms with Gasteiger partial charge in [0.05, 0.1) is 0 Å². The summed E-state index contributed by atoms with van der Waals surface area (Å²) >= 11 is 0. The molecule has 0 aromatic carbocycles. The molecule has 14 heavy (non-hydrogen) atoms. The van der Waals surface area contributed by atoms with Gasteiger partial charge in [-0.25, -0.2) is 0 Å². The van der Waals surface area contributed by atoms with E-state index in [2.05, 4.69) is 18.7 Å². The molecule has 1 aliphatic rings. The Hall–Kier alpha value is -1.50. The van der Waals surface area contributed by atoms with Crippen LogP contribution in [0.3, 0.4) is 0 Å². The Morgan fingerprint density at radius 3 is 2.86 bits per heavy atom. The van der Waals surface area contributed by atoms with Gasteiger partial charge in [0.15, 0.2) is 0 Å². The summed E-state index contributed by atoms with van der Waals surface area (Å²) in [6, 6.07) is 0. The van der Waals surface area contributed by atoms with Crippen molar-refractivity contribution < 1.29 is 4.42 Å². The molecule has 1 heteroatoms. The Balaban J connectivity index is 3.02. The topological polar surface area (TPSA) is 13.1 Å². The van der Waals surface area contributed by atoms with E-state index in [1.54, 1.807) is 6.08 Å². The van der Waals surface area contributed by atoms with E-state index < -0.39 is 0 Å². The lowest BCUT2D eigenvalue weighted by molar-refractivity contribution is 0.495. The molecule has 1 aliphatic carbocycles. The van der Waals surface area contributed by atoms with Crippen LogP contribution in [-0.4, -0.2) is 0 Å². The Bertz CT molecular complexity index is 570. The van der Waals surface area contributed by atoms with E-state index in [4.69, 9.17) is 4.42 Å². The molecule has 1 aromatic heterocycles. The standard InChI is InChI=1S/C13H14O/c1-3-7-10-11-8-5-6-9-13(11)14-12(10)4-2/h3-4,7-9H,1,5-6H2,2H3/b10-7-,12-4+. The van der Waals surface area contributed by atoms with Crippen LogP contribution in [0.2, 0.25) is 0 Å². The molecule has 72 valence electrons. The Morgan fingerprint density at radius 1 is 1.36 bits per heavy atom. The summed E-state index contributed by atoms with van der Waals surface area (Å²) in [4.78, 5) is 0. The monoisotopic (exact) mass is 186 g/mol. The number of hydrogen-bond acceptors (Lipinski definition) is 1. The van der Waals surface area contributed by atoms with Crippen LogP contribution in [0.25, 0.3) is 24.3 Å². The van der Waals surface area contributed by atoms with Gasteiger partial charge < -0.3 is 4.42 Å². The summed E-state index contributed by atoms with van der Waals surface area (Å²) in [5.74, 6) is 0. The lowest BCUT2D eigenvalue weighted by Crippen LogP contribution is -2.38. The van der Waals surface area contributed by atoms with Gasteiger partial charge in [0, 0.05) is 10.4 Å². The number of fused-ring (bicyclic) bond motifs is 1. The first-order valence-electron chi connectivity index (χ1n) is 4.95. The SMILES string of the molecule is C=C/C=c1/c2c(o/c1=C/C)=CCCC=2. The van der Waals surface area contributed by atoms with E-state index in [1.165, 1.54) is 5.22 Å². The summed E-state index contributed by atoms with van der Waals surface area (Å²) in [7, 11) is 0. The van der Waals surface area contributed by atoms with Gasteiger partial charge in [-0.15, -0.1) is 0 Å². The molecule has 2 rings (SSSR count). The zero-order valence-corrected chi connectivity index (χ0v) is 8.42. The minimum absolute atomic E-state index is 0.948. The van der Waals surface area contributed by atoms with Crippen molar-refractivity contribution in [3.8, 4) is 0 Å². The first-order valence-corrected chi connectivity index (χ1v) is 4.95. The van der Waals surface area contributed by atoms with Crippen LogP contribution >= 0.6 is 0 Å². The maximum atomic E-state index is 5.72. The normalized spacial score (nSPS) is 17.2. The molecule has 0 aliphatic heterocycles. The average Bonchev–Trinajstić information content (AvgIpc) is 2.58. The number of rotatable bonds is 1. The number of hydrogen-bond donors (Lipinski definition) is 0. The summed E-state index contributed by atoms with van der Waals surface area (Å²) in [6.45, 7) is 5.72. The fourth-order valence-corrected chi connectivity index (χ4v) is 1.80. The highest BCUT2D eigenvalue weighted by Gasteiger charge is 1.99. The van der Waals surface area contributed by atoms with E-state index in [1.807, 2.05) is 19.1 Å². The average molecular weight is 186 g/mol. The van der Waals surface area contributed by atoms with Crippen LogP contribution in [0.4, 0.5) is 0 Å². The molecule has 0 atom stereocenters. The molecule has 0 amide bonds. The van der Waals surface area contributed by atoms with Gasteiger partial charge in [0.2, 0.25) is 0 Å². The number of allylic oxidation sites excluding steroid dienone is 1. The quantitative estimate of drug-likeness (QED) is 0.619. The minimum atomic E-state index is 0.948. The molecule has 0 saturated carbocycles. The van der Waals surface area contributed by atoms with Gasteiger partial charge in [-0.3, -0.25) is 0 Å². The van der Waals surface area contributed by atoms with Crippen molar-refractivity contribution in [2.75, 3.05) is 0 Å². The molecule has 0 bridgehead atoms. The van der Waals surface area contributed by atoms with Crippen molar-refractivity contribution in [1.29, 1.82) is 0 Å². The Labute approximate surface area is 83.1 Å². The highest BCUT2D eigenvalue weighted by molar-refractivity contribution is 5.43. The molecule has 1 heterocycles. The molecule has 0 N–H and O–H groups in total. The zero-order valence-electron chi connectivity index (χ0n) is 8.42. The first kappa shape index (κ1) is 9.07. The zero-order chi connectivity index (χ0) is 9.97. The summed E-state index contributed by atoms with van der Waals surface area (Å²) < 4.78 is 5.72. The van der Waals surface area contributed by atoms with Crippen LogP contribution in [0.5, 0.6) is 0 Å². The van der Waals surface area contributed by atoms with E-state index in [9.17, 15) is 0 Å². The summed E-state index contributed by atoms with van der Waals surface area (Å²) in [5.41, 5.74) is 1.96. The van der Waals surface area contributed by atoms with Gasteiger partial charge in [0.25, 0.3) is 0 Å². The van der Waals surface area contributed by atoms with Gasteiger partial charge in [-0.1, -0.05) is 24.8 Å².